The molecular formula is C19H21Cl2NO7. The van der Waals surface area contributed by atoms with Gasteiger partial charge >= 0.3 is 11.9 Å². The Morgan fingerprint density at radius 2 is 1.55 bits per heavy atom. The highest BCUT2D eigenvalue weighted by molar-refractivity contribution is 6.40. The van der Waals surface area contributed by atoms with Crippen molar-refractivity contribution in [3.63, 3.8) is 0 Å². The van der Waals surface area contributed by atoms with Crippen LogP contribution in [0.5, 0.6) is 5.75 Å². The molecule has 1 aromatic carbocycles. The van der Waals surface area contributed by atoms with E-state index in [1.165, 1.54) is 32.0 Å². The van der Waals surface area contributed by atoms with Gasteiger partial charge in [0.1, 0.15) is 5.75 Å². The smallest absolute Gasteiger partial charge is 0.355 e. The molecule has 0 aliphatic heterocycles. The molecular weight excluding hydrogens is 425 g/mol. The molecule has 0 heterocycles. The maximum Gasteiger partial charge on any atom is 0.355 e. The van der Waals surface area contributed by atoms with Crippen LogP contribution in [-0.2, 0) is 28.7 Å². The highest BCUT2D eigenvalue weighted by Gasteiger charge is 2.27. The summed E-state index contributed by atoms with van der Waals surface area (Å²) in [5.74, 6) is -2.15. The molecule has 0 aliphatic rings. The number of hydrogen-bond donors (Lipinski definition) is 0. The number of hydrogen-bond acceptors (Lipinski definition) is 8. The minimum Gasteiger partial charge on any atom is -0.471 e. The molecule has 0 N–H and O–H groups in total. The second-order valence-electron chi connectivity index (χ2n) is 5.37. The largest absolute Gasteiger partial charge is 0.471 e. The summed E-state index contributed by atoms with van der Waals surface area (Å²) < 4.78 is 14.5. The van der Waals surface area contributed by atoms with Crippen LogP contribution < -0.4 is 4.74 Å². The monoisotopic (exact) mass is 445 g/mol. The molecule has 10 heteroatoms. The Kier molecular flexibility index (Phi) is 12.3. The van der Waals surface area contributed by atoms with Gasteiger partial charge in [-0.15, -0.1) is 11.6 Å². The van der Waals surface area contributed by atoms with Crippen molar-refractivity contribution in [1.82, 2.24) is 0 Å². The molecule has 2 atom stereocenters. The van der Waals surface area contributed by atoms with Crippen LogP contribution in [-0.4, -0.2) is 48.2 Å². The second-order valence-corrected chi connectivity index (χ2v) is 6.25. The fourth-order valence-electron chi connectivity index (χ4n) is 1.73. The lowest BCUT2D eigenvalue weighted by atomic mass is 10.2. The van der Waals surface area contributed by atoms with Gasteiger partial charge in [-0.1, -0.05) is 11.6 Å². The van der Waals surface area contributed by atoms with Gasteiger partial charge in [0.05, 0.1) is 24.8 Å². The van der Waals surface area contributed by atoms with Crippen LogP contribution >= 0.6 is 23.2 Å². The van der Waals surface area contributed by atoms with E-state index in [0.717, 1.165) is 0 Å². The molecule has 1 rings (SSSR count). The highest BCUT2D eigenvalue weighted by atomic mass is 35.5. The summed E-state index contributed by atoms with van der Waals surface area (Å²) >= 11 is 11.1. The summed E-state index contributed by atoms with van der Waals surface area (Å²) in [5, 5.41) is 7.94. The number of ether oxygens (including phenoxy) is 3. The topological polar surface area (TPSA) is 120 Å². The molecule has 0 spiro atoms. The van der Waals surface area contributed by atoms with Crippen LogP contribution in [0.2, 0.25) is 5.02 Å². The van der Waals surface area contributed by atoms with Gasteiger partial charge in [0.25, 0.3) is 6.10 Å². The molecule has 0 bridgehead atoms. The summed E-state index contributed by atoms with van der Waals surface area (Å²) in [7, 11) is 0. The Balaban J connectivity index is 0.000000665. The number of Topliss-reactive ketones (excluding diaryl/α,β-unsaturated/α-hetero) is 2. The van der Waals surface area contributed by atoms with Crippen molar-refractivity contribution in [2.45, 2.75) is 39.2 Å². The quantitative estimate of drug-likeness (QED) is 0.340. The molecule has 0 amide bonds. The third-order valence-corrected chi connectivity index (χ3v) is 3.68. The first-order chi connectivity index (χ1) is 13.6. The van der Waals surface area contributed by atoms with Crippen LogP contribution in [0.1, 0.15) is 33.3 Å². The van der Waals surface area contributed by atoms with Crippen molar-refractivity contribution in [3.8, 4) is 11.8 Å². The van der Waals surface area contributed by atoms with Crippen LogP contribution in [0.15, 0.2) is 18.2 Å². The standard InChI is InChI=1S/C13H12ClNO4.C6H9ClO3/c1-3-18-13(17)12(8(2)16)19-11-5-9(7-15)4-10(14)6-11;1-3-10-6(9)5(7)4(2)8/h4-6,12H,3H2,1-2H3;5H,3H2,1-2H3. The molecule has 0 aliphatic carbocycles. The zero-order valence-corrected chi connectivity index (χ0v) is 17.9. The molecule has 0 fully saturated rings. The van der Waals surface area contributed by atoms with Crippen LogP contribution in [0.25, 0.3) is 0 Å². The predicted molar refractivity (Wildman–Crippen MR) is 105 cm³/mol. The van der Waals surface area contributed by atoms with E-state index in [9.17, 15) is 19.2 Å². The molecule has 1 aromatic rings. The first-order valence-electron chi connectivity index (χ1n) is 8.42. The molecule has 0 saturated heterocycles. The first-order valence-corrected chi connectivity index (χ1v) is 9.24. The van der Waals surface area contributed by atoms with E-state index in [1.54, 1.807) is 13.8 Å². The normalized spacial score (nSPS) is 11.6. The number of carbonyl (C=O) groups excluding carboxylic acids is 4. The van der Waals surface area contributed by atoms with Gasteiger partial charge < -0.3 is 14.2 Å². The lowest BCUT2D eigenvalue weighted by molar-refractivity contribution is -0.155. The summed E-state index contributed by atoms with van der Waals surface area (Å²) in [6, 6.07) is 6.15. The van der Waals surface area contributed by atoms with Gasteiger partial charge in [0.2, 0.25) is 0 Å². The maximum absolute atomic E-state index is 11.6. The van der Waals surface area contributed by atoms with Crippen molar-refractivity contribution in [3.05, 3.63) is 28.8 Å². The van der Waals surface area contributed by atoms with Gasteiger partial charge in [0, 0.05) is 5.02 Å². The highest BCUT2D eigenvalue weighted by Crippen LogP contribution is 2.22. The van der Waals surface area contributed by atoms with Crippen molar-refractivity contribution < 1.29 is 33.4 Å². The van der Waals surface area contributed by atoms with Gasteiger partial charge in [0.15, 0.2) is 16.9 Å². The molecule has 2 unspecified atom stereocenters. The SMILES string of the molecule is CCOC(=O)C(Cl)C(C)=O.CCOC(=O)C(Oc1cc(Cl)cc(C#N)c1)C(C)=O. The third kappa shape index (κ3) is 9.92. The minimum absolute atomic E-state index is 0.144. The third-order valence-electron chi connectivity index (χ3n) is 2.97. The molecule has 0 radical (unpaired) electrons. The van der Waals surface area contributed by atoms with Gasteiger partial charge in [-0.25, -0.2) is 9.59 Å². The molecule has 0 saturated carbocycles. The van der Waals surface area contributed by atoms with Crippen molar-refractivity contribution >= 4 is 46.7 Å². The lowest BCUT2D eigenvalue weighted by Gasteiger charge is -2.15. The lowest BCUT2D eigenvalue weighted by Crippen LogP contribution is -2.35. The van der Waals surface area contributed by atoms with Crippen LogP contribution in [0, 0.1) is 11.3 Å². The van der Waals surface area contributed by atoms with E-state index in [2.05, 4.69) is 4.74 Å². The Morgan fingerprint density at radius 1 is 1.00 bits per heavy atom. The summed E-state index contributed by atoms with van der Waals surface area (Å²) in [4.78, 5) is 44.0. The number of alkyl halides is 1. The Morgan fingerprint density at radius 3 is 2.00 bits per heavy atom. The van der Waals surface area contributed by atoms with Crippen molar-refractivity contribution in [2.75, 3.05) is 13.2 Å². The summed E-state index contributed by atoms with van der Waals surface area (Å²) in [5.41, 5.74) is 0.272. The Labute approximate surface area is 178 Å². The number of nitrogens with zero attached hydrogens (tertiary/aromatic N) is 1. The van der Waals surface area contributed by atoms with Crippen molar-refractivity contribution in [1.29, 1.82) is 5.26 Å². The number of benzene rings is 1. The Bertz CT molecular complexity index is 789. The average Bonchev–Trinajstić information content (AvgIpc) is 2.65. The zero-order chi connectivity index (χ0) is 22.6. The zero-order valence-electron chi connectivity index (χ0n) is 16.4. The predicted octanol–water partition coefficient (Wildman–Crippen LogP) is 2.86. The van der Waals surface area contributed by atoms with E-state index >= 15 is 0 Å². The van der Waals surface area contributed by atoms with E-state index in [0.29, 0.717) is 0 Å². The fraction of sp³-hybridized carbons (Fsp3) is 0.421. The maximum atomic E-state index is 11.6. The van der Waals surface area contributed by atoms with Gasteiger partial charge in [-0.05, 0) is 45.9 Å². The molecule has 0 aromatic heterocycles. The second kappa shape index (κ2) is 13.5. The van der Waals surface area contributed by atoms with Gasteiger partial charge in [-0.3, -0.25) is 9.59 Å². The molecule has 8 nitrogen and oxygen atoms in total. The van der Waals surface area contributed by atoms with E-state index in [1.807, 2.05) is 6.07 Å². The molecule has 29 heavy (non-hydrogen) atoms. The first kappa shape index (κ1) is 26.4. The van der Waals surface area contributed by atoms with E-state index < -0.39 is 29.2 Å². The minimum atomic E-state index is -1.36. The molecule has 158 valence electrons. The number of carbonyl (C=O) groups is 4. The number of ketones is 2. The van der Waals surface area contributed by atoms with E-state index in [4.69, 9.17) is 37.9 Å². The Hall–Kier alpha value is -2.63. The van der Waals surface area contributed by atoms with Crippen LogP contribution in [0.3, 0.4) is 0 Å². The average molecular weight is 446 g/mol. The number of rotatable bonds is 8. The van der Waals surface area contributed by atoms with E-state index in [-0.39, 0.29) is 35.3 Å². The van der Waals surface area contributed by atoms with Gasteiger partial charge in [-0.2, -0.15) is 5.26 Å². The van der Waals surface area contributed by atoms with Crippen molar-refractivity contribution in [2.24, 2.45) is 0 Å². The summed E-state index contributed by atoms with van der Waals surface area (Å²) in [6.45, 7) is 6.14. The number of nitriles is 1. The van der Waals surface area contributed by atoms with Crippen LogP contribution in [0.4, 0.5) is 0 Å². The summed E-state index contributed by atoms with van der Waals surface area (Å²) in [6.07, 6.45) is -1.36. The fourth-order valence-corrected chi connectivity index (χ4v) is 2.02. The number of esters is 2. The number of halogens is 2.